The van der Waals surface area contributed by atoms with Crippen LogP contribution in [0.3, 0.4) is 0 Å². The van der Waals surface area contributed by atoms with E-state index in [9.17, 15) is 14.7 Å². The first kappa shape index (κ1) is 21.8. The van der Waals surface area contributed by atoms with Crippen LogP contribution in [-0.2, 0) is 7.05 Å². The summed E-state index contributed by atoms with van der Waals surface area (Å²) in [6.07, 6.45) is 1.26. The minimum Gasteiger partial charge on any atom is -0.497 e. The summed E-state index contributed by atoms with van der Waals surface area (Å²) in [6.45, 7) is 1.89. The summed E-state index contributed by atoms with van der Waals surface area (Å²) >= 11 is 0. The van der Waals surface area contributed by atoms with Gasteiger partial charge in [-0.25, -0.2) is 14.2 Å². The van der Waals surface area contributed by atoms with E-state index in [-0.39, 0.29) is 17.0 Å². The Morgan fingerprint density at radius 1 is 1.24 bits per heavy atom. The average Bonchev–Trinajstić information content (AvgIpc) is 2.85. The number of anilines is 1. The second-order valence-electron chi connectivity index (χ2n) is 8.37. The first-order valence-electron chi connectivity index (χ1n) is 10.8. The predicted molar refractivity (Wildman–Crippen MR) is 127 cm³/mol. The van der Waals surface area contributed by atoms with Crippen molar-refractivity contribution in [2.75, 3.05) is 31.6 Å². The lowest BCUT2D eigenvalue weighted by molar-refractivity contribution is 0.0695. The Labute approximate surface area is 194 Å². The number of aromatic nitrogens is 2. The summed E-state index contributed by atoms with van der Waals surface area (Å²) in [5, 5.41) is 13.4. The van der Waals surface area contributed by atoms with Crippen molar-refractivity contribution in [1.29, 1.82) is 0 Å². The normalized spacial score (nSPS) is 16.2. The lowest BCUT2D eigenvalue weighted by atomic mass is 10.0. The van der Waals surface area contributed by atoms with Gasteiger partial charge in [0.1, 0.15) is 22.8 Å². The molecule has 1 saturated heterocycles. The molecule has 0 amide bonds. The van der Waals surface area contributed by atoms with E-state index >= 15 is 4.39 Å². The van der Waals surface area contributed by atoms with Gasteiger partial charge >= 0.3 is 5.97 Å². The highest BCUT2D eigenvalue weighted by atomic mass is 19.1. The summed E-state index contributed by atoms with van der Waals surface area (Å²) < 4.78 is 22.0. The number of pyridine rings is 2. The molecule has 1 unspecified atom stereocenters. The number of benzene rings is 2. The van der Waals surface area contributed by atoms with Crippen molar-refractivity contribution in [3.05, 3.63) is 75.8 Å². The van der Waals surface area contributed by atoms with E-state index in [1.54, 1.807) is 20.2 Å². The number of aryl methyl sites for hydroxylation is 1. The molecule has 1 aliphatic rings. The largest absolute Gasteiger partial charge is 0.497 e. The van der Waals surface area contributed by atoms with Gasteiger partial charge in [0, 0.05) is 44.3 Å². The third-order valence-electron chi connectivity index (χ3n) is 6.27. The highest BCUT2D eigenvalue weighted by Gasteiger charge is 2.24. The SMILES string of the molecule is COc1ccc(C2CN(c3cc4nc5c(cc4cc3F)c(=O)c(C(=O)O)cn5C)CCN2)cc1. The molecule has 0 aliphatic carbocycles. The fourth-order valence-electron chi connectivity index (χ4n) is 4.49. The fraction of sp³-hybridized carbons (Fsp3) is 0.240. The molecule has 34 heavy (non-hydrogen) atoms. The van der Waals surface area contributed by atoms with E-state index in [1.165, 1.54) is 22.9 Å². The molecule has 0 bridgehead atoms. The maximum absolute atomic E-state index is 15.2. The number of hydrogen-bond donors (Lipinski definition) is 2. The van der Waals surface area contributed by atoms with E-state index in [4.69, 9.17) is 4.74 Å². The highest BCUT2D eigenvalue weighted by Crippen LogP contribution is 2.30. The Bertz CT molecular complexity index is 1480. The Morgan fingerprint density at radius 3 is 2.71 bits per heavy atom. The number of aromatic carboxylic acids is 1. The van der Waals surface area contributed by atoms with E-state index in [1.807, 2.05) is 29.2 Å². The molecule has 9 heteroatoms. The van der Waals surface area contributed by atoms with Crippen LogP contribution in [0.15, 0.2) is 53.5 Å². The number of nitrogens with one attached hydrogen (secondary N) is 1. The summed E-state index contributed by atoms with van der Waals surface area (Å²) in [5.74, 6) is -0.954. The third kappa shape index (κ3) is 3.73. The third-order valence-corrected chi connectivity index (χ3v) is 6.27. The first-order chi connectivity index (χ1) is 16.4. The summed E-state index contributed by atoms with van der Waals surface area (Å²) in [4.78, 5) is 30.6. The van der Waals surface area contributed by atoms with E-state index < -0.39 is 17.2 Å². The molecular formula is C25H23FN4O4. The van der Waals surface area contributed by atoms with Gasteiger partial charge in [-0.2, -0.15) is 0 Å². The number of carboxylic acid groups (broad SMARTS) is 1. The molecule has 2 aromatic carbocycles. The van der Waals surface area contributed by atoms with Crippen molar-refractivity contribution in [2.45, 2.75) is 6.04 Å². The van der Waals surface area contributed by atoms with Crippen molar-refractivity contribution in [2.24, 2.45) is 7.05 Å². The van der Waals surface area contributed by atoms with Crippen LogP contribution < -0.4 is 20.4 Å². The molecule has 174 valence electrons. The van der Waals surface area contributed by atoms with Crippen molar-refractivity contribution in [3.8, 4) is 5.75 Å². The Hall–Kier alpha value is -3.98. The van der Waals surface area contributed by atoms with Gasteiger partial charge in [0.05, 0.1) is 23.7 Å². The molecule has 0 radical (unpaired) electrons. The molecule has 1 aliphatic heterocycles. The molecule has 2 aromatic heterocycles. The maximum atomic E-state index is 15.2. The summed E-state index contributed by atoms with van der Waals surface area (Å²) in [5.41, 5.74) is 1.41. The quantitative estimate of drug-likeness (QED) is 0.450. The Balaban J connectivity index is 1.54. The topological polar surface area (TPSA) is 96.7 Å². The number of rotatable bonds is 4. The van der Waals surface area contributed by atoms with Gasteiger partial charge in [-0.05, 0) is 35.9 Å². The molecule has 4 aromatic rings. The zero-order valence-electron chi connectivity index (χ0n) is 18.7. The van der Waals surface area contributed by atoms with Crippen LogP contribution in [0.2, 0.25) is 0 Å². The van der Waals surface area contributed by atoms with Crippen LogP contribution in [0, 0.1) is 5.82 Å². The standard InChI is InChI=1S/C25H23FN4O4/c1-29-12-18(25(32)33)23(31)17-9-15-10-19(26)22(11-20(15)28-24(17)29)30-8-7-27-21(13-30)14-3-5-16(34-2)6-4-14/h3-6,9-12,21,27H,7-8,13H2,1-2H3,(H,32,33). The molecule has 0 saturated carbocycles. The number of nitrogens with zero attached hydrogens (tertiary/aromatic N) is 3. The van der Waals surface area contributed by atoms with Gasteiger partial charge in [-0.15, -0.1) is 0 Å². The Morgan fingerprint density at radius 2 is 2.00 bits per heavy atom. The average molecular weight is 462 g/mol. The molecule has 1 fully saturated rings. The smallest absolute Gasteiger partial charge is 0.341 e. The van der Waals surface area contributed by atoms with Crippen LogP contribution in [0.5, 0.6) is 5.75 Å². The van der Waals surface area contributed by atoms with Crippen molar-refractivity contribution >= 4 is 33.6 Å². The number of ether oxygens (including phenoxy) is 1. The lowest BCUT2D eigenvalue weighted by Crippen LogP contribution is -2.46. The van der Waals surface area contributed by atoms with Crippen LogP contribution in [-0.4, -0.2) is 47.4 Å². The number of carboxylic acids is 1. The number of methoxy groups -OCH3 is 1. The van der Waals surface area contributed by atoms with Gasteiger partial charge in [-0.3, -0.25) is 4.79 Å². The molecule has 1 atom stereocenters. The van der Waals surface area contributed by atoms with Gasteiger partial charge in [-0.1, -0.05) is 12.1 Å². The van der Waals surface area contributed by atoms with E-state index in [2.05, 4.69) is 10.3 Å². The molecule has 5 rings (SSSR count). The monoisotopic (exact) mass is 462 g/mol. The number of hydrogen-bond acceptors (Lipinski definition) is 6. The predicted octanol–water partition coefficient (Wildman–Crippen LogP) is 3.08. The summed E-state index contributed by atoms with van der Waals surface area (Å²) in [6, 6.07) is 12.4. The highest BCUT2D eigenvalue weighted by molar-refractivity contribution is 5.96. The molecule has 0 spiro atoms. The van der Waals surface area contributed by atoms with Gasteiger partial charge in [0.25, 0.3) is 0 Å². The lowest BCUT2D eigenvalue weighted by Gasteiger charge is -2.35. The fourth-order valence-corrected chi connectivity index (χ4v) is 4.49. The van der Waals surface area contributed by atoms with Crippen molar-refractivity contribution < 1.29 is 19.0 Å². The number of halogens is 1. The maximum Gasteiger partial charge on any atom is 0.341 e. The minimum absolute atomic E-state index is 0.0228. The second kappa shape index (κ2) is 8.42. The second-order valence-corrected chi connectivity index (χ2v) is 8.37. The van der Waals surface area contributed by atoms with E-state index in [0.29, 0.717) is 41.9 Å². The molecule has 2 N–H and O–H groups in total. The molecular weight excluding hydrogens is 439 g/mol. The zero-order valence-corrected chi connectivity index (χ0v) is 18.7. The number of piperazine rings is 1. The number of carbonyl (C=O) groups is 1. The summed E-state index contributed by atoms with van der Waals surface area (Å²) in [7, 11) is 3.26. The van der Waals surface area contributed by atoms with Crippen LogP contribution in [0.1, 0.15) is 22.0 Å². The minimum atomic E-state index is -1.31. The van der Waals surface area contributed by atoms with E-state index in [0.717, 1.165) is 11.3 Å². The van der Waals surface area contributed by atoms with Crippen LogP contribution >= 0.6 is 0 Å². The van der Waals surface area contributed by atoms with Crippen molar-refractivity contribution in [1.82, 2.24) is 14.9 Å². The van der Waals surface area contributed by atoms with Gasteiger partial charge in [0.2, 0.25) is 5.43 Å². The Kier molecular flexibility index (Phi) is 5.41. The number of fused-ring (bicyclic) bond motifs is 2. The van der Waals surface area contributed by atoms with Crippen LogP contribution in [0.25, 0.3) is 21.9 Å². The van der Waals surface area contributed by atoms with Crippen molar-refractivity contribution in [3.63, 3.8) is 0 Å². The molecule has 3 heterocycles. The van der Waals surface area contributed by atoms with Gasteiger partial charge < -0.3 is 24.6 Å². The van der Waals surface area contributed by atoms with Crippen LogP contribution in [0.4, 0.5) is 10.1 Å². The van der Waals surface area contributed by atoms with Gasteiger partial charge in [0.15, 0.2) is 0 Å². The first-order valence-corrected chi connectivity index (χ1v) is 10.8. The molecule has 8 nitrogen and oxygen atoms in total. The zero-order chi connectivity index (χ0) is 24.0.